The lowest BCUT2D eigenvalue weighted by molar-refractivity contribution is -0.141. The van der Waals surface area contributed by atoms with Crippen LogP contribution in [0.25, 0.3) is 10.9 Å². The third-order valence-corrected chi connectivity index (χ3v) is 4.06. The van der Waals surface area contributed by atoms with Crippen molar-refractivity contribution in [1.29, 1.82) is 0 Å². The number of halogens is 1. The lowest BCUT2D eigenvalue weighted by Crippen LogP contribution is -2.45. The van der Waals surface area contributed by atoms with Gasteiger partial charge in [-0.05, 0) is 38.0 Å². The molecule has 1 N–H and O–H groups in total. The van der Waals surface area contributed by atoms with Crippen LogP contribution in [0, 0.1) is 0 Å². The molecule has 1 saturated carbocycles. The summed E-state index contributed by atoms with van der Waals surface area (Å²) in [5, 5.41) is 10.6. The van der Waals surface area contributed by atoms with Gasteiger partial charge < -0.3 is 10.0 Å². The molecule has 2 aromatic rings. The molecular formula is C16H15ClN2O3. The van der Waals surface area contributed by atoms with E-state index in [1.54, 1.807) is 24.3 Å². The molecule has 0 bridgehead atoms. The number of carbonyl (C=O) groups is 2. The summed E-state index contributed by atoms with van der Waals surface area (Å²) in [4.78, 5) is 29.7. The molecule has 0 saturated heterocycles. The highest BCUT2D eigenvalue weighted by Gasteiger charge is 2.39. The van der Waals surface area contributed by atoms with Gasteiger partial charge in [-0.25, -0.2) is 9.78 Å². The molecule has 5 nitrogen and oxygen atoms in total. The fourth-order valence-corrected chi connectivity index (χ4v) is 2.64. The molecule has 1 aromatic carbocycles. The Morgan fingerprint density at radius 1 is 1.32 bits per heavy atom. The molecule has 1 atom stereocenters. The molecule has 0 aliphatic heterocycles. The van der Waals surface area contributed by atoms with Crippen molar-refractivity contribution in [3.05, 3.63) is 41.0 Å². The van der Waals surface area contributed by atoms with Gasteiger partial charge in [0.15, 0.2) is 0 Å². The van der Waals surface area contributed by atoms with E-state index < -0.39 is 12.0 Å². The number of carboxylic acids is 1. The number of pyridine rings is 1. The van der Waals surface area contributed by atoms with Crippen LogP contribution in [0.2, 0.25) is 5.02 Å². The Balaban J connectivity index is 1.97. The summed E-state index contributed by atoms with van der Waals surface area (Å²) in [5.74, 6) is -1.36. The van der Waals surface area contributed by atoms with Crippen molar-refractivity contribution < 1.29 is 14.7 Å². The Morgan fingerprint density at radius 3 is 2.64 bits per heavy atom. The van der Waals surface area contributed by atoms with Crippen LogP contribution in [0.15, 0.2) is 30.3 Å². The molecule has 1 aliphatic carbocycles. The van der Waals surface area contributed by atoms with Crippen LogP contribution in [0.4, 0.5) is 0 Å². The molecule has 1 unspecified atom stereocenters. The SMILES string of the molecule is CC(C(=O)O)N(C(=O)c1ccc2ccc(Cl)cc2n1)C1CC1. The Bertz CT molecular complexity index is 758. The molecular weight excluding hydrogens is 304 g/mol. The van der Waals surface area contributed by atoms with Gasteiger partial charge in [-0.2, -0.15) is 0 Å². The Kier molecular flexibility index (Phi) is 3.74. The van der Waals surface area contributed by atoms with E-state index in [1.165, 1.54) is 11.8 Å². The molecule has 0 spiro atoms. The summed E-state index contributed by atoms with van der Waals surface area (Å²) in [6.07, 6.45) is 1.67. The number of fused-ring (bicyclic) bond motifs is 1. The molecule has 1 fully saturated rings. The Hall–Kier alpha value is -2.14. The molecule has 22 heavy (non-hydrogen) atoms. The van der Waals surface area contributed by atoms with E-state index in [4.69, 9.17) is 11.6 Å². The minimum atomic E-state index is -1.01. The van der Waals surface area contributed by atoms with Crippen LogP contribution in [-0.2, 0) is 4.79 Å². The number of carbonyl (C=O) groups excluding carboxylic acids is 1. The minimum Gasteiger partial charge on any atom is -0.480 e. The Morgan fingerprint density at radius 2 is 2.00 bits per heavy atom. The smallest absolute Gasteiger partial charge is 0.326 e. The van der Waals surface area contributed by atoms with Crippen molar-refractivity contribution >= 4 is 34.4 Å². The van der Waals surface area contributed by atoms with Gasteiger partial charge in [-0.1, -0.05) is 23.7 Å². The highest BCUT2D eigenvalue weighted by molar-refractivity contribution is 6.31. The summed E-state index contributed by atoms with van der Waals surface area (Å²) >= 11 is 5.95. The lowest BCUT2D eigenvalue weighted by atomic mass is 10.1. The van der Waals surface area contributed by atoms with Crippen molar-refractivity contribution in [2.45, 2.75) is 31.8 Å². The van der Waals surface area contributed by atoms with Crippen LogP contribution in [0.5, 0.6) is 0 Å². The van der Waals surface area contributed by atoms with Gasteiger partial charge in [0.2, 0.25) is 0 Å². The summed E-state index contributed by atoms with van der Waals surface area (Å²) in [7, 11) is 0. The predicted molar refractivity (Wildman–Crippen MR) is 83.0 cm³/mol. The maximum atomic E-state index is 12.7. The maximum Gasteiger partial charge on any atom is 0.326 e. The Labute approximate surface area is 132 Å². The number of amides is 1. The highest BCUT2D eigenvalue weighted by atomic mass is 35.5. The van der Waals surface area contributed by atoms with Crippen molar-refractivity contribution in [2.24, 2.45) is 0 Å². The number of hydrogen-bond donors (Lipinski definition) is 1. The number of aromatic nitrogens is 1. The van der Waals surface area contributed by atoms with E-state index >= 15 is 0 Å². The average molecular weight is 319 g/mol. The first-order valence-corrected chi connectivity index (χ1v) is 7.47. The molecule has 1 heterocycles. The first kappa shape index (κ1) is 14.8. The quantitative estimate of drug-likeness (QED) is 0.940. The fourth-order valence-electron chi connectivity index (χ4n) is 2.47. The first-order valence-electron chi connectivity index (χ1n) is 7.09. The van der Waals surface area contributed by atoms with Crippen molar-refractivity contribution in [2.75, 3.05) is 0 Å². The number of carboxylic acid groups (broad SMARTS) is 1. The first-order chi connectivity index (χ1) is 10.5. The second-order valence-electron chi connectivity index (χ2n) is 5.49. The van der Waals surface area contributed by atoms with Gasteiger partial charge in [-0.15, -0.1) is 0 Å². The van der Waals surface area contributed by atoms with Crippen LogP contribution < -0.4 is 0 Å². The van der Waals surface area contributed by atoms with Crippen LogP contribution in [0.1, 0.15) is 30.3 Å². The number of benzene rings is 1. The lowest BCUT2D eigenvalue weighted by Gasteiger charge is -2.26. The molecule has 6 heteroatoms. The minimum absolute atomic E-state index is 0.00421. The van der Waals surface area contributed by atoms with Gasteiger partial charge in [0.1, 0.15) is 11.7 Å². The third kappa shape index (κ3) is 2.76. The zero-order chi connectivity index (χ0) is 15.9. The molecule has 1 amide bonds. The summed E-state index contributed by atoms with van der Waals surface area (Å²) < 4.78 is 0. The van der Waals surface area contributed by atoms with E-state index in [2.05, 4.69) is 4.98 Å². The largest absolute Gasteiger partial charge is 0.480 e. The van der Waals surface area contributed by atoms with E-state index in [9.17, 15) is 14.7 Å². The van der Waals surface area contributed by atoms with E-state index in [0.29, 0.717) is 10.5 Å². The van der Waals surface area contributed by atoms with Crippen LogP contribution in [-0.4, -0.2) is 39.0 Å². The summed E-state index contributed by atoms with van der Waals surface area (Å²) in [5.41, 5.74) is 0.867. The molecule has 114 valence electrons. The molecule has 1 aromatic heterocycles. The van der Waals surface area contributed by atoms with Gasteiger partial charge in [-0.3, -0.25) is 4.79 Å². The van der Waals surface area contributed by atoms with Gasteiger partial charge >= 0.3 is 5.97 Å². The second kappa shape index (κ2) is 5.57. The number of nitrogens with zero attached hydrogens (tertiary/aromatic N) is 2. The highest BCUT2D eigenvalue weighted by Crippen LogP contribution is 2.30. The van der Waals surface area contributed by atoms with Crippen molar-refractivity contribution in [3.63, 3.8) is 0 Å². The molecule has 3 rings (SSSR count). The van der Waals surface area contributed by atoms with Crippen LogP contribution >= 0.6 is 11.6 Å². The average Bonchev–Trinajstić information content (AvgIpc) is 3.31. The third-order valence-electron chi connectivity index (χ3n) is 3.82. The van der Waals surface area contributed by atoms with E-state index in [0.717, 1.165) is 18.2 Å². The van der Waals surface area contributed by atoms with E-state index in [-0.39, 0.29) is 17.6 Å². The van der Waals surface area contributed by atoms with Gasteiger partial charge in [0.25, 0.3) is 5.91 Å². The topological polar surface area (TPSA) is 70.5 Å². The standard InChI is InChI=1S/C16H15ClN2O3/c1-9(16(21)22)19(12-5-6-12)15(20)13-7-3-10-2-4-11(17)8-14(10)18-13/h2-4,7-9,12H,5-6H2,1H3,(H,21,22). The maximum absolute atomic E-state index is 12.7. The van der Waals surface area contributed by atoms with Crippen molar-refractivity contribution in [1.82, 2.24) is 9.88 Å². The van der Waals surface area contributed by atoms with Crippen LogP contribution in [0.3, 0.4) is 0 Å². The zero-order valence-corrected chi connectivity index (χ0v) is 12.7. The van der Waals surface area contributed by atoms with Gasteiger partial charge in [0, 0.05) is 16.5 Å². The number of hydrogen-bond acceptors (Lipinski definition) is 3. The van der Waals surface area contributed by atoms with Crippen molar-refractivity contribution in [3.8, 4) is 0 Å². The van der Waals surface area contributed by atoms with Gasteiger partial charge in [0.05, 0.1) is 5.52 Å². The summed E-state index contributed by atoms with van der Waals surface area (Å²) in [6.45, 7) is 1.52. The normalized spacial score (nSPS) is 15.5. The predicted octanol–water partition coefficient (Wildman–Crippen LogP) is 2.97. The molecule has 0 radical (unpaired) electrons. The summed E-state index contributed by atoms with van der Waals surface area (Å²) in [6, 6.07) is 7.83. The number of rotatable bonds is 4. The fraction of sp³-hybridized carbons (Fsp3) is 0.312. The number of aliphatic carboxylic acids is 1. The monoisotopic (exact) mass is 318 g/mol. The van der Waals surface area contributed by atoms with E-state index in [1.807, 2.05) is 6.07 Å². The zero-order valence-electron chi connectivity index (χ0n) is 12.0. The molecule has 1 aliphatic rings. The second-order valence-corrected chi connectivity index (χ2v) is 5.93.